The van der Waals surface area contributed by atoms with Crippen LogP contribution in [0.15, 0.2) is 103 Å². The molecule has 0 heterocycles. The van der Waals surface area contributed by atoms with E-state index in [1.807, 2.05) is 78.9 Å². The summed E-state index contributed by atoms with van der Waals surface area (Å²) in [6.07, 6.45) is 0.114. The summed E-state index contributed by atoms with van der Waals surface area (Å²) in [4.78, 5) is 11.1. The van der Waals surface area contributed by atoms with E-state index in [2.05, 4.69) is 28.1 Å². The van der Waals surface area contributed by atoms with Gasteiger partial charge in [0.05, 0.1) is 17.9 Å². The lowest BCUT2D eigenvalue weighted by molar-refractivity contribution is -0.105. The van der Waals surface area contributed by atoms with Crippen LogP contribution in [-0.4, -0.2) is 36.3 Å². The van der Waals surface area contributed by atoms with Crippen LogP contribution in [0, 0.1) is 0 Å². The maximum absolute atomic E-state index is 11.1. The van der Waals surface area contributed by atoms with Crippen molar-refractivity contribution >= 4 is 17.8 Å². The van der Waals surface area contributed by atoms with Crippen LogP contribution in [0.3, 0.4) is 0 Å². The third kappa shape index (κ3) is 8.68. The lowest BCUT2D eigenvalue weighted by Gasteiger charge is -2.16. The van der Waals surface area contributed by atoms with Crippen molar-refractivity contribution in [3.63, 3.8) is 0 Å². The van der Waals surface area contributed by atoms with Gasteiger partial charge in [0.1, 0.15) is 12.4 Å². The number of nitrogens with one attached hydrogen (secondary N) is 3. The minimum absolute atomic E-state index is 0.377. The molecule has 202 valence electrons. The molecule has 0 radical (unpaired) electrons. The lowest BCUT2D eigenvalue weighted by atomic mass is 10.1. The van der Waals surface area contributed by atoms with Crippen LogP contribution in [0.4, 0.5) is 11.4 Å². The van der Waals surface area contributed by atoms with E-state index in [-0.39, 0.29) is 0 Å². The molecule has 4 aromatic carbocycles. The lowest BCUT2D eigenvalue weighted by Crippen LogP contribution is -2.23. The highest BCUT2D eigenvalue weighted by Gasteiger charge is 2.12. The van der Waals surface area contributed by atoms with Crippen molar-refractivity contribution in [2.45, 2.75) is 25.2 Å². The first-order valence-corrected chi connectivity index (χ1v) is 13.1. The molecule has 0 aliphatic carbocycles. The second-order valence-corrected chi connectivity index (χ2v) is 9.27. The van der Waals surface area contributed by atoms with Gasteiger partial charge in [0, 0.05) is 18.8 Å². The van der Waals surface area contributed by atoms with Crippen LogP contribution in [0.1, 0.15) is 34.5 Å². The van der Waals surface area contributed by atoms with Crippen LogP contribution in [0.2, 0.25) is 0 Å². The number of aliphatic hydroxyl groups excluding tert-OH is 2. The molecular formula is C32H35N3O4. The van der Waals surface area contributed by atoms with E-state index in [0.717, 1.165) is 23.2 Å². The molecule has 0 bridgehead atoms. The number of rotatable bonds is 15. The summed E-state index contributed by atoms with van der Waals surface area (Å²) in [5, 5.41) is 30.2. The molecule has 7 nitrogen and oxygen atoms in total. The predicted molar refractivity (Wildman–Crippen MR) is 155 cm³/mol. The normalized spacial score (nSPS) is 12.4. The first-order chi connectivity index (χ1) is 19.1. The average Bonchev–Trinajstić information content (AvgIpc) is 2.99. The van der Waals surface area contributed by atoms with E-state index in [1.165, 1.54) is 5.56 Å². The van der Waals surface area contributed by atoms with Crippen LogP contribution >= 0.6 is 0 Å². The van der Waals surface area contributed by atoms with Crippen molar-refractivity contribution in [2.24, 2.45) is 0 Å². The quantitative estimate of drug-likeness (QED) is 0.112. The zero-order chi connectivity index (χ0) is 27.3. The molecule has 0 saturated heterocycles. The zero-order valence-corrected chi connectivity index (χ0v) is 21.8. The topological polar surface area (TPSA) is 103 Å². The van der Waals surface area contributed by atoms with Gasteiger partial charge in [-0.2, -0.15) is 0 Å². The van der Waals surface area contributed by atoms with Gasteiger partial charge in [-0.15, -0.1) is 0 Å². The van der Waals surface area contributed by atoms with E-state index in [1.54, 1.807) is 12.1 Å². The maximum Gasteiger partial charge on any atom is 0.211 e. The minimum atomic E-state index is -0.733. The Balaban J connectivity index is 1.21. The maximum atomic E-state index is 11.1. The summed E-state index contributed by atoms with van der Waals surface area (Å²) in [6.45, 7) is 1.90. The highest BCUT2D eigenvalue weighted by molar-refractivity contribution is 5.76. The molecule has 7 heteroatoms. The van der Waals surface area contributed by atoms with E-state index < -0.39 is 12.2 Å². The second-order valence-electron chi connectivity index (χ2n) is 9.27. The van der Waals surface area contributed by atoms with Crippen LogP contribution in [0.5, 0.6) is 5.75 Å². The Labute approximate surface area is 229 Å². The molecule has 0 saturated carbocycles. The number of ether oxygens (including phenoxy) is 1. The van der Waals surface area contributed by atoms with Crippen molar-refractivity contribution in [3.8, 4) is 5.75 Å². The Kier molecular flexibility index (Phi) is 10.5. The van der Waals surface area contributed by atoms with E-state index in [4.69, 9.17) is 4.74 Å². The van der Waals surface area contributed by atoms with E-state index in [9.17, 15) is 15.0 Å². The van der Waals surface area contributed by atoms with Crippen LogP contribution < -0.4 is 20.7 Å². The smallest absolute Gasteiger partial charge is 0.211 e. The molecule has 0 fully saturated rings. The summed E-state index contributed by atoms with van der Waals surface area (Å²) < 4.78 is 5.88. The molecule has 0 spiro atoms. The Bertz CT molecular complexity index is 1280. The SMILES string of the molecule is O=CNc1cc(C(O)CNCCc2ccc(NCC(O)c3ccccc3)cc2)ccc1OCc1ccccc1. The van der Waals surface area contributed by atoms with Gasteiger partial charge in [-0.3, -0.25) is 4.79 Å². The third-order valence-corrected chi connectivity index (χ3v) is 6.41. The first kappa shape index (κ1) is 27.9. The van der Waals surface area contributed by atoms with Crippen molar-refractivity contribution in [3.05, 3.63) is 125 Å². The molecule has 0 aliphatic heterocycles. The molecule has 2 atom stereocenters. The fourth-order valence-electron chi connectivity index (χ4n) is 4.18. The van der Waals surface area contributed by atoms with Gasteiger partial charge in [0.2, 0.25) is 6.41 Å². The van der Waals surface area contributed by atoms with Crippen molar-refractivity contribution in [2.75, 3.05) is 30.3 Å². The minimum Gasteiger partial charge on any atom is -0.487 e. The van der Waals surface area contributed by atoms with Crippen molar-refractivity contribution in [1.82, 2.24) is 5.32 Å². The number of amides is 1. The summed E-state index contributed by atoms with van der Waals surface area (Å²) in [5.41, 5.74) is 5.24. The number of anilines is 2. The van der Waals surface area contributed by atoms with Crippen molar-refractivity contribution in [1.29, 1.82) is 0 Å². The monoisotopic (exact) mass is 525 g/mol. The summed E-state index contributed by atoms with van der Waals surface area (Å²) in [5.74, 6) is 0.544. The number of hydrogen-bond acceptors (Lipinski definition) is 6. The summed E-state index contributed by atoms with van der Waals surface area (Å²) in [6, 6.07) is 32.8. The predicted octanol–water partition coefficient (Wildman–Crippen LogP) is 4.85. The van der Waals surface area contributed by atoms with Gasteiger partial charge in [-0.05, 0) is 59.5 Å². The van der Waals surface area contributed by atoms with Gasteiger partial charge < -0.3 is 30.9 Å². The highest BCUT2D eigenvalue weighted by atomic mass is 16.5. The van der Waals surface area contributed by atoms with Gasteiger partial charge in [-0.25, -0.2) is 0 Å². The zero-order valence-electron chi connectivity index (χ0n) is 21.8. The average molecular weight is 526 g/mol. The standard InChI is InChI=1S/C32H35N3O4/c36-23-35-29-19-27(13-16-32(29)39-22-25-7-3-1-4-8-25)30(37)20-33-18-17-24-11-14-28(15-12-24)34-21-31(38)26-9-5-2-6-10-26/h1-16,19,23,30-31,33-34,37-38H,17-18,20-22H2,(H,35,36). The van der Waals surface area contributed by atoms with Crippen LogP contribution in [-0.2, 0) is 17.8 Å². The van der Waals surface area contributed by atoms with E-state index in [0.29, 0.717) is 49.7 Å². The number of carbonyl (C=O) groups is 1. The Morgan fingerprint density at radius 3 is 2.15 bits per heavy atom. The Hall–Kier alpha value is -4.17. The molecule has 5 N–H and O–H groups in total. The molecule has 2 unspecified atom stereocenters. The summed E-state index contributed by atoms with van der Waals surface area (Å²) in [7, 11) is 0. The van der Waals surface area contributed by atoms with Gasteiger partial charge in [-0.1, -0.05) is 78.9 Å². The highest BCUT2D eigenvalue weighted by Crippen LogP contribution is 2.29. The van der Waals surface area contributed by atoms with E-state index >= 15 is 0 Å². The molecule has 4 aromatic rings. The number of hydrogen-bond donors (Lipinski definition) is 5. The number of aliphatic hydroxyl groups is 2. The second kappa shape index (κ2) is 14.7. The molecule has 1 amide bonds. The fourth-order valence-corrected chi connectivity index (χ4v) is 4.18. The number of benzene rings is 4. The summed E-state index contributed by atoms with van der Waals surface area (Å²) >= 11 is 0. The molecule has 0 aromatic heterocycles. The molecule has 39 heavy (non-hydrogen) atoms. The Morgan fingerprint density at radius 2 is 1.44 bits per heavy atom. The Morgan fingerprint density at radius 1 is 0.744 bits per heavy atom. The fraction of sp³-hybridized carbons (Fsp3) is 0.219. The van der Waals surface area contributed by atoms with Gasteiger partial charge in [0.15, 0.2) is 0 Å². The largest absolute Gasteiger partial charge is 0.487 e. The number of carbonyl (C=O) groups excluding carboxylic acids is 1. The van der Waals surface area contributed by atoms with Gasteiger partial charge >= 0.3 is 0 Å². The first-order valence-electron chi connectivity index (χ1n) is 13.1. The van der Waals surface area contributed by atoms with Crippen LogP contribution in [0.25, 0.3) is 0 Å². The molecule has 0 aliphatic rings. The third-order valence-electron chi connectivity index (χ3n) is 6.41. The van der Waals surface area contributed by atoms with Crippen molar-refractivity contribution < 1.29 is 19.7 Å². The molecule has 4 rings (SSSR count). The molecular weight excluding hydrogens is 490 g/mol. The van der Waals surface area contributed by atoms with Gasteiger partial charge in [0.25, 0.3) is 0 Å².